The van der Waals surface area contributed by atoms with Gasteiger partial charge < -0.3 is 9.47 Å². The molecule has 1 aliphatic carbocycles. The van der Waals surface area contributed by atoms with Gasteiger partial charge in [0, 0.05) is 28.2 Å². The summed E-state index contributed by atoms with van der Waals surface area (Å²) in [5.41, 5.74) is 18.7. The third-order valence-corrected chi connectivity index (χ3v) is 11.8. The SMILES string of the molecule is C1=CC2C(c3ccccc3N2c2ccc(-c3ccc(-c4ccccc4)cc3)cc2)c2c1n(-c1ccccc1-c1ccc(-c3ccccc3)cc1)c1ccccc21. The standard InChI is InChI=1S/C54H38N2/c1-3-13-37(14-4-1)39-23-25-41(26-24-39)42-31-33-44(34-32-42)55-49-21-11-8-18-46(49)53-51(55)35-36-52-54(53)47-19-9-12-22-50(47)56(52)48-20-10-7-17-45(48)43-29-27-40(28-30-43)38-15-5-2-6-16-38/h1-36,51,53H. The summed E-state index contributed by atoms with van der Waals surface area (Å²) < 4.78 is 2.50. The van der Waals surface area contributed by atoms with Crippen molar-refractivity contribution in [3.63, 3.8) is 0 Å². The lowest BCUT2D eigenvalue weighted by Gasteiger charge is -2.31. The van der Waals surface area contributed by atoms with Gasteiger partial charge in [-0.15, -0.1) is 0 Å². The molecule has 9 aromatic rings. The molecule has 0 radical (unpaired) electrons. The van der Waals surface area contributed by atoms with Gasteiger partial charge >= 0.3 is 0 Å². The van der Waals surface area contributed by atoms with Gasteiger partial charge in [0.25, 0.3) is 0 Å². The summed E-state index contributed by atoms with van der Waals surface area (Å²) in [5.74, 6) is 0.180. The van der Waals surface area contributed by atoms with Crippen molar-refractivity contribution in [3.05, 3.63) is 229 Å². The highest BCUT2D eigenvalue weighted by Crippen LogP contribution is 2.54. The van der Waals surface area contributed by atoms with E-state index in [0.717, 1.165) is 0 Å². The van der Waals surface area contributed by atoms with E-state index in [2.05, 4.69) is 228 Å². The largest absolute Gasteiger partial charge is 0.333 e. The number of anilines is 2. The second kappa shape index (κ2) is 13.3. The van der Waals surface area contributed by atoms with Crippen LogP contribution in [0.5, 0.6) is 0 Å². The van der Waals surface area contributed by atoms with Gasteiger partial charge in [0.2, 0.25) is 0 Å². The highest BCUT2D eigenvalue weighted by Gasteiger charge is 2.43. The van der Waals surface area contributed by atoms with Crippen molar-refractivity contribution in [1.29, 1.82) is 0 Å². The van der Waals surface area contributed by atoms with Crippen LogP contribution in [0.15, 0.2) is 212 Å². The van der Waals surface area contributed by atoms with Gasteiger partial charge in [0.05, 0.1) is 22.9 Å². The number of benzene rings is 8. The molecule has 2 nitrogen and oxygen atoms in total. The number of fused-ring (bicyclic) bond motifs is 7. The molecule has 11 rings (SSSR count). The molecule has 0 amide bonds. The summed E-state index contributed by atoms with van der Waals surface area (Å²) in [6, 6.07) is 75.3. The zero-order valence-electron chi connectivity index (χ0n) is 30.8. The third-order valence-electron chi connectivity index (χ3n) is 11.8. The number of nitrogens with zero attached hydrogens (tertiary/aromatic N) is 2. The average molecular weight is 715 g/mol. The van der Waals surface area contributed by atoms with Crippen LogP contribution in [0.3, 0.4) is 0 Å². The Morgan fingerprint density at radius 1 is 0.375 bits per heavy atom. The van der Waals surface area contributed by atoms with Crippen LogP contribution in [0, 0.1) is 0 Å². The maximum atomic E-state index is 2.55. The van der Waals surface area contributed by atoms with E-state index >= 15 is 0 Å². The number of rotatable bonds is 6. The molecule has 2 aliphatic rings. The fraction of sp³-hybridized carbons (Fsp3) is 0.0370. The molecule has 0 saturated heterocycles. The highest BCUT2D eigenvalue weighted by molar-refractivity contribution is 5.95. The summed E-state index contributed by atoms with van der Waals surface area (Å²) in [6.45, 7) is 0. The Morgan fingerprint density at radius 2 is 0.857 bits per heavy atom. The summed E-state index contributed by atoms with van der Waals surface area (Å²) in [7, 11) is 0. The molecule has 0 saturated carbocycles. The van der Waals surface area contributed by atoms with Crippen LogP contribution < -0.4 is 4.90 Å². The normalized spacial score (nSPS) is 15.4. The van der Waals surface area contributed by atoms with Gasteiger partial charge in [-0.05, 0) is 86.5 Å². The first-order valence-electron chi connectivity index (χ1n) is 19.5. The van der Waals surface area contributed by atoms with E-state index in [4.69, 9.17) is 0 Å². The Morgan fingerprint density at radius 3 is 1.50 bits per heavy atom. The van der Waals surface area contributed by atoms with Crippen molar-refractivity contribution in [3.8, 4) is 50.2 Å². The van der Waals surface area contributed by atoms with Crippen LogP contribution in [0.4, 0.5) is 11.4 Å². The lowest BCUT2D eigenvalue weighted by molar-refractivity contribution is 0.725. The number of hydrogen-bond donors (Lipinski definition) is 0. The van der Waals surface area contributed by atoms with Gasteiger partial charge in [-0.1, -0.05) is 182 Å². The Balaban J connectivity index is 0.984. The van der Waals surface area contributed by atoms with Gasteiger partial charge in [0.1, 0.15) is 0 Å². The van der Waals surface area contributed by atoms with Gasteiger partial charge in [-0.2, -0.15) is 0 Å². The topological polar surface area (TPSA) is 8.17 Å². The van der Waals surface area contributed by atoms with Crippen molar-refractivity contribution in [2.75, 3.05) is 4.90 Å². The number of para-hydroxylation sites is 3. The molecule has 0 fully saturated rings. The first kappa shape index (κ1) is 32.3. The molecule has 56 heavy (non-hydrogen) atoms. The van der Waals surface area contributed by atoms with E-state index in [1.807, 2.05) is 0 Å². The number of aromatic nitrogens is 1. The van der Waals surface area contributed by atoms with Crippen LogP contribution in [0.25, 0.3) is 67.2 Å². The lowest BCUT2D eigenvalue weighted by atomic mass is 9.82. The molecule has 2 unspecified atom stereocenters. The maximum absolute atomic E-state index is 2.55. The minimum atomic E-state index is 0.149. The molecule has 1 aliphatic heterocycles. The van der Waals surface area contributed by atoms with Crippen molar-refractivity contribution in [1.82, 2.24) is 4.57 Å². The molecule has 0 bridgehead atoms. The Labute approximate surface area is 327 Å². The van der Waals surface area contributed by atoms with Gasteiger partial charge in [0.15, 0.2) is 0 Å². The minimum absolute atomic E-state index is 0.149. The van der Waals surface area contributed by atoms with Gasteiger partial charge in [-0.25, -0.2) is 0 Å². The summed E-state index contributed by atoms with van der Waals surface area (Å²) in [4.78, 5) is 2.55. The molecule has 8 aromatic carbocycles. The van der Waals surface area contributed by atoms with Crippen molar-refractivity contribution in [2.45, 2.75) is 12.0 Å². The molecule has 1 aromatic heterocycles. The smallest absolute Gasteiger partial charge is 0.0637 e. The average Bonchev–Trinajstić information content (AvgIpc) is 3.80. The zero-order valence-corrected chi connectivity index (χ0v) is 30.8. The van der Waals surface area contributed by atoms with E-state index in [-0.39, 0.29) is 12.0 Å². The van der Waals surface area contributed by atoms with Gasteiger partial charge in [-0.3, -0.25) is 0 Å². The zero-order chi connectivity index (χ0) is 37.0. The van der Waals surface area contributed by atoms with Crippen LogP contribution >= 0.6 is 0 Å². The summed E-state index contributed by atoms with van der Waals surface area (Å²) >= 11 is 0. The number of hydrogen-bond acceptors (Lipinski definition) is 1. The molecule has 0 spiro atoms. The fourth-order valence-corrected chi connectivity index (χ4v) is 9.21. The van der Waals surface area contributed by atoms with Crippen molar-refractivity contribution >= 4 is 28.4 Å². The first-order chi connectivity index (χ1) is 27.8. The van der Waals surface area contributed by atoms with E-state index in [0.29, 0.717) is 0 Å². The Kier molecular flexibility index (Phi) is 7.67. The highest BCUT2D eigenvalue weighted by atomic mass is 15.2. The second-order valence-electron chi connectivity index (χ2n) is 14.9. The maximum Gasteiger partial charge on any atom is 0.0637 e. The van der Waals surface area contributed by atoms with E-state index < -0.39 is 0 Å². The molecule has 2 heterocycles. The summed E-state index contributed by atoms with van der Waals surface area (Å²) in [5, 5.41) is 1.31. The summed E-state index contributed by atoms with van der Waals surface area (Å²) in [6.07, 6.45) is 4.82. The molecule has 2 atom stereocenters. The van der Waals surface area contributed by atoms with Crippen LogP contribution in [-0.2, 0) is 0 Å². The Hall–Kier alpha value is -7.16. The van der Waals surface area contributed by atoms with Crippen molar-refractivity contribution < 1.29 is 0 Å². The van der Waals surface area contributed by atoms with Crippen LogP contribution in [-0.4, -0.2) is 10.6 Å². The van der Waals surface area contributed by atoms with E-state index in [1.165, 1.54) is 89.3 Å². The first-order valence-corrected chi connectivity index (χ1v) is 19.5. The lowest BCUT2D eigenvalue weighted by Crippen LogP contribution is -2.30. The van der Waals surface area contributed by atoms with E-state index in [9.17, 15) is 0 Å². The van der Waals surface area contributed by atoms with Crippen LogP contribution in [0.2, 0.25) is 0 Å². The molecular formula is C54H38N2. The second-order valence-corrected chi connectivity index (χ2v) is 14.9. The quantitative estimate of drug-likeness (QED) is 0.166. The van der Waals surface area contributed by atoms with Crippen LogP contribution in [0.1, 0.15) is 22.7 Å². The fourth-order valence-electron chi connectivity index (χ4n) is 9.21. The predicted octanol–water partition coefficient (Wildman–Crippen LogP) is 14.0. The monoisotopic (exact) mass is 714 g/mol. The third kappa shape index (κ3) is 5.26. The molecular weight excluding hydrogens is 677 g/mol. The minimum Gasteiger partial charge on any atom is -0.333 e. The molecule has 0 N–H and O–H groups in total. The predicted molar refractivity (Wildman–Crippen MR) is 235 cm³/mol. The molecule has 2 heteroatoms. The molecule has 264 valence electrons. The Bertz CT molecular complexity index is 2880. The van der Waals surface area contributed by atoms with E-state index in [1.54, 1.807) is 0 Å². The van der Waals surface area contributed by atoms with Crippen molar-refractivity contribution in [2.24, 2.45) is 0 Å².